The summed E-state index contributed by atoms with van der Waals surface area (Å²) >= 11 is 1.35. The van der Waals surface area contributed by atoms with Gasteiger partial charge in [-0.3, -0.25) is 0 Å². The maximum Gasteiger partial charge on any atom is 0.245 e. The molecule has 0 saturated carbocycles. The smallest absolute Gasteiger partial charge is 0.245 e. The van der Waals surface area contributed by atoms with Gasteiger partial charge in [0.05, 0.1) is 11.5 Å². The quantitative estimate of drug-likeness (QED) is 0.944. The van der Waals surface area contributed by atoms with Crippen molar-refractivity contribution < 1.29 is 13.5 Å². The Morgan fingerprint density at radius 3 is 2.67 bits per heavy atom. The van der Waals surface area contributed by atoms with E-state index in [0.29, 0.717) is 21.7 Å². The van der Waals surface area contributed by atoms with Gasteiger partial charge < -0.3 is 5.11 Å². The van der Waals surface area contributed by atoms with Gasteiger partial charge in [0.1, 0.15) is 4.90 Å². The monoisotopic (exact) mass is 325 g/mol. The Balaban J connectivity index is 2.24. The standard InChI is InChI=1S/C15H19NO3S2/c1-15(2)8-5-9-16(15)21(18,19)14-11-6-3-4-7-12(11)20-13(14)10-17/h3-4,6-7,17H,5,8-10H2,1-2H3. The highest BCUT2D eigenvalue weighted by molar-refractivity contribution is 7.89. The van der Waals surface area contributed by atoms with E-state index in [4.69, 9.17) is 0 Å². The van der Waals surface area contributed by atoms with E-state index in [0.717, 1.165) is 17.5 Å². The second kappa shape index (κ2) is 5.05. The van der Waals surface area contributed by atoms with Crippen LogP contribution in [0.3, 0.4) is 0 Å². The fraction of sp³-hybridized carbons (Fsp3) is 0.467. The van der Waals surface area contributed by atoms with Crippen molar-refractivity contribution in [3.8, 4) is 0 Å². The number of benzene rings is 1. The first-order valence-corrected chi connectivity index (χ1v) is 9.28. The first-order chi connectivity index (χ1) is 9.88. The van der Waals surface area contributed by atoms with Crippen molar-refractivity contribution in [2.45, 2.75) is 43.7 Å². The Morgan fingerprint density at radius 1 is 1.33 bits per heavy atom. The minimum atomic E-state index is -3.59. The molecule has 1 saturated heterocycles. The summed E-state index contributed by atoms with van der Waals surface area (Å²) in [4.78, 5) is 0.819. The molecule has 1 fully saturated rings. The lowest BCUT2D eigenvalue weighted by Gasteiger charge is -2.30. The molecule has 0 amide bonds. The molecule has 21 heavy (non-hydrogen) atoms. The van der Waals surface area contributed by atoms with Crippen molar-refractivity contribution >= 4 is 31.4 Å². The number of aliphatic hydroxyl groups excluding tert-OH is 1. The number of hydrogen-bond donors (Lipinski definition) is 1. The van der Waals surface area contributed by atoms with Crippen LogP contribution in [0.25, 0.3) is 10.1 Å². The molecule has 2 aromatic rings. The molecule has 114 valence electrons. The van der Waals surface area contributed by atoms with E-state index >= 15 is 0 Å². The summed E-state index contributed by atoms with van der Waals surface area (Å²) in [5.41, 5.74) is -0.366. The molecule has 2 heterocycles. The molecule has 0 bridgehead atoms. The second-order valence-corrected chi connectivity index (χ2v) is 8.94. The van der Waals surface area contributed by atoms with Crippen molar-refractivity contribution in [1.82, 2.24) is 4.31 Å². The fourth-order valence-corrected chi connectivity index (χ4v) is 6.70. The van der Waals surface area contributed by atoms with Crippen LogP contribution in [0.2, 0.25) is 0 Å². The molecule has 0 spiro atoms. The fourth-order valence-electron chi connectivity index (χ4n) is 3.10. The highest BCUT2D eigenvalue weighted by Gasteiger charge is 2.42. The van der Waals surface area contributed by atoms with Gasteiger partial charge in [-0.2, -0.15) is 4.31 Å². The van der Waals surface area contributed by atoms with E-state index in [1.165, 1.54) is 11.3 Å². The zero-order valence-electron chi connectivity index (χ0n) is 12.2. The zero-order chi connectivity index (χ0) is 15.3. The van der Waals surface area contributed by atoms with Gasteiger partial charge in [-0.15, -0.1) is 11.3 Å². The second-order valence-electron chi connectivity index (χ2n) is 6.00. The van der Waals surface area contributed by atoms with E-state index < -0.39 is 10.0 Å². The molecular weight excluding hydrogens is 306 g/mol. The van der Waals surface area contributed by atoms with Gasteiger partial charge in [0, 0.05) is 22.2 Å². The zero-order valence-corrected chi connectivity index (χ0v) is 13.8. The normalized spacial score (nSPS) is 19.4. The molecule has 1 aliphatic rings. The Hall–Kier alpha value is -0.950. The van der Waals surface area contributed by atoms with Crippen LogP contribution in [0.1, 0.15) is 31.6 Å². The average molecular weight is 325 g/mol. The van der Waals surface area contributed by atoms with Crippen LogP contribution in [0.15, 0.2) is 29.2 Å². The van der Waals surface area contributed by atoms with Gasteiger partial charge in [0.15, 0.2) is 0 Å². The largest absolute Gasteiger partial charge is 0.391 e. The van der Waals surface area contributed by atoms with Gasteiger partial charge >= 0.3 is 0 Å². The maximum atomic E-state index is 13.1. The molecule has 0 radical (unpaired) electrons. The van der Waals surface area contributed by atoms with Gasteiger partial charge in [-0.1, -0.05) is 18.2 Å². The van der Waals surface area contributed by atoms with Crippen molar-refractivity contribution in [3.05, 3.63) is 29.1 Å². The third-order valence-corrected chi connectivity index (χ3v) is 7.66. The Labute approximate surface area is 129 Å². The first-order valence-electron chi connectivity index (χ1n) is 7.02. The van der Waals surface area contributed by atoms with E-state index in [9.17, 15) is 13.5 Å². The van der Waals surface area contributed by atoms with E-state index in [1.807, 2.05) is 38.1 Å². The van der Waals surface area contributed by atoms with Crippen LogP contribution >= 0.6 is 11.3 Å². The summed E-state index contributed by atoms with van der Waals surface area (Å²) in [5.74, 6) is 0. The molecule has 3 rings (SSSR count). The minimum Gasteiger partial charge on any atom is -0.391 e. The summed E-state index contributed by atoms with van der Waals surface area (Å²) in [6.45, 7) is 4.22. The molecule has 4 nitrogen and oxygen atoms in total. The molecule has 1 N–H and O–H groups in total. The molecule has 1 aromatic heterocycles. The third-order valence-electron chi connectivity index (χ3n) is 4.13. The van der Waals surface area contributed by atoms with Crippen molar-refractivity contribution in [2.24, 2.45) is 0 Å². The predicted molar refractivity (Wildman–Crippen MR) is 85.0 cm³/mol. The maximum absolute atomic E-state index is 13.1. The van der Waals surface area contributed by atoms with Crippen LogP contribution in [0.5, 0.6) is 0 Å². The van der Waals surface area contributed by atoms with Crippen LogP contribution < -0.4 is 0 Å². The SMILES string of the molecule is CC1(C)CCCN1S(=O)(=O)c1c(CO)sc2ccccc12. The summed E-state index contributed by atoms with van der Waals surface area (Å²) in [6.07, 6.45) is 1.74. The van der Waals surface area contributed by atoms with E-state index in [1.54, 1.807) is 4.31 Å². The highest BCUT2D eigenvalue weighted by Crippen LogP contribution is 2.40. The van der Waals surface area contributed by atoms with Crippen molar-refractivity contribution in [1.29, 1.82) is 0 Å². The topological polar surface area (TPSA) is 57.6 Å². The van der Waals surface area contributed by atoms with Crippen LogP contribution in [-0.2, 0) is 16.6 Å². The summed E-state index contributed by atoms with van der Waals surface area (Å²) in [7, 11) is -3.59. The Morgan fingerprint density at radius 2 is 2.05 bits per heavy atom. The van der Waals surface area contributed by atoms with Gasteiger partial charge in [-0.25, -0.2) is 8.42 Å². The average Bonchev–Trinajstić information content (AvgIpc) is 2.98. The predicted octanol–water partition coefficient (Wildman–Crippen LogP) is 2.96. The number of thiophene rings is 1. The summed E-state index contributed by atoms with van der Waals surface area (Å²) in [5, 5.41) is 10.3. The molecule has 6 heteroatoms. The third kappa shape index (κ3) is 2.30. The lowest BCUT2D eigenvalue weighted by Crippen LogP contribution is -2.42. The number of fused-ring (bicyclic) bond motifs is 1. The minimum absolute atomic E-state index is 0.248. The molecule has 1 aliphatic heterocycles. The molecule has 1 aromatic carbocycles. The number of nitrogens with zero attached hydrogens (tertiary/aromatic N) is 1. The highest BCUT2D eigenvalue weighted by atomic mass is 32.2. The molecule has 0 unspecified atom stereocenters. The van der Waals surface area contributed by atoms with E-state index in [2.05, 4.69) is 0 Å². The van der Waals surface area contributed by atoms with E-state index in [-0.39, 0.29) is 12.1 Å². The summed E-state index contributed by atoms with van der Waals surface area (Å²) < 4.78 is 28.7. The Bertz CT molecular complexity index is 777. The number of aliphatic hydroxyl groups is 1. The van der Waals surface area contributed by atoms with Crippen LogP contribution in [0, 0.1) is 0 Å². The number of hydrogen-bond acceptors (Lipinski definition) is 4. The van der Waals surface area contributed by atoms with Crippen LogP contribution in [-0.4, -0.2) is 29.9 Å². The van der Waals surface area contributed by atoms with Gasteiger partial charge in [-0.05, 0) is 32.8 Å². The molecular formula is C15H19NO3S2. The molecule has 0 aliphatic carbocycles. The summed E-state index contributed by atoms with van der Waals surface area (Å²) in [6, 6.07) is 7.44. The Kier molecular flexibility index (Phi) is 3.60. The first kappa shape index (κ1) is 15.0. The van der Waals surface area contributed by atoms with Gasteiger partial charge in [0.2, 0.25) is 10.0 Å². The number of sulfonamides is 1. The lowest BCUT2D eigenvalue weighted by molar-refractivity contribution is 0.278. The van der Waals surface area contributed by atoms with Crippen molar-refractivity contribution in [2.75, 3.05) is 6.54 Å². The van der Waals surface area contributed by atoms with Gasteiger partial charge in [0.25, 0.3) is 0 Å². The molecule has 0 atom stereocenters. The lowest BCUT2D eigenvalue weighted by atomic mass is 10.0. The number of rotatable bonds is 3. The van der Waals surface area contributed by atoms with Crippen LogP contribution in [0.4, 0.5) is 0 Å². The van der Waals surface area contributed by atoms with Crippen molar-refractivity contribution in [3.63, 3.8) is 0 Å².